The number of aliphatic carboxylic acids is 1. The number of hydrogen-bond donors (Lipinski definition) is 7. The van der Waals surface area contributed by atoms with E-state index < -0.39 is 47.9 Å². The van der Waals surface area contributed by atoms with Crippen LogP contribution in [0.15, 0.2) is 36.8 Å². The molecule has 9 N–H and O–H groups in total. The molecule has 1 saturated heterocycles. The molecule has 0 aliphatic carbocycles. The lowest BCUT2D eigenvalue weighted by molar-refractivity contribution is -0.149. The molecule has 1 aliphatic heterocycles. The third-order valence-corrected chi connectivity index (χ3v) is 6.72. The lowest BCUT2D eigenvalue weighted by Gasteiger charge is -2.29. The van der Waals surface area contributed by atoms with Crippen molar-refractivity contribution in [1.82, 2.24) is 25.5 Å². The van der Waals surface area contributed by atoms with Crippen LogP contribution < -0.4 is 22.1 Å². The molecule has 13 heteroatoms. The second-order valence-corrected chi connectivity index (χ2v) is 9.69. The molecule has 1 aromatic carbocycles. The van der Waals surface area contributed by atoms with E-state index in [0.717, 1.165) is 5.56 Å². The molecule has 1 fully saturated rings. The van der Waals surface area contributed by atoms with Crippen molar-refractivity contribution in [1.29, 1.82) is 0 Å². The van der Waals surface area contributed by atoms with Crippen LogP contribution in [0, 0.1) is 0 Å². The third-order valence-electron chi connectivity index (χ3n) is 6.72. The first-order chi connectivity index (χ1) is 18.7. The van der Waals surface area contributed by atoms with Gasteiger partial charge in [0.15, 0.2) is 0 Å². The molecule has 2 heterocycles. The van der Waals surface area contributed by atoms with Gasteiger partial charge in [-0.15, -0.1) is 0 Å². The Morgan fingerprint density at radius 2 is 1.79 bits per heavy atom. The van der Waals surface area contributed by atoms with Crippen molar-refractivity contribution in [2.45, 2.75) is 69.1 Å². The van der Waals surface area contributed by atoms with E-state index in [-0.39, 0.29) is 25.0 Å². The summed E-state index contributed by atoms with van der Waals surface area (Å²) < 4.78 is 0. The molecular formula is C26H37N7O6. The van der Waals surface area contributed by atoms with E-state index in [2.05, 4.69) is 20.6 Å². The van der Waals surface area contributed by atoms with Crippen molar-refractivity contribution in [3.8, 4) is 5.75 Å². The Kier molecular flexibility index (Phi) is 10.8. The van der Waals surface area contributed by atoms with Gasteiger partial charge >= 0.3 is 5.97 Å². The van der Waals surface area contributed by atoms with Crippen LogP contribution >= 0.6 is 0 Å². The summed E-state index contributed by atoms with van der Waals surface area (Å²) in [5.74, 6) is -2.64. The summed E-state index contributed by atoms with van der Waals surface area (Å²) in [6, 6.07) is 2.31. The number of aromatic nitrogens is 2. The normalized spacial score (nSPS) is 17.3. The summed E-state index contributed by atoms with van der Waals surface area (Å²) in [5, 5.41) is 24.4. The monoisotopic (exact) mass is 543 g/mol. The number of H-pyrrole nitrogens is 1. The number of unbranched alkanes of at least 4 members (excludes halogenated alkanes) is 1. The van der Waals surface area contributed by atoms with E-state index >= 15 is 0 Å². The van der Waals surface area contributed by atoms with Gasteiger partial charge in [0.05, 0.1) is 12.4 Å². The van der Waals surface area contributed by atoms with Gasteiger partial charge in [-0.3, -0.25) is 14.4 Å². The van der Waals surface area contributed by atoms with Crippen LogP contribution in [0.1, 0.15) is 43.4 Å². The summed E-state index contributed by atoms with van der Waals surface area (Å²) in [7, 11) is 0. The molecule has 4 unspecified atom stereocenters. The predicted molar refractivity (Wildman–Crippen MR) is 141 cm³/mol. The summed E-state index contributed by atoms with van der Waals surface area (Å²) >= 11 is 0. The molecule has 0 bridgehead atoms. The molecule has 0 radical (unpaired) electrons. The molecular weight excluding hydrogens is 506 g/mol. The van der Waals surface area contributed by atoms with Gasteiger partial charge < -0.3 is 42.2 Å². The van der Waals surface area contributed by atoms with Gasteiger partial charge in [0.2, 0.25) is 17.7 Å². The minimum Gasteiger partial charge on any atom is -0.508 e. The molecule has 212 valence electrons. The lowest BCUT2D eigenvalue weighted by Crippen LogP contribution is -2.57. The quantitative estimate of drug-likeness (QED) is 0.151. The van der Waals surface area contributed by atoms with Gasteiger partial charge in [0.1, 0.15) is 23.9 Å². The number of likely N-dealkylation sites (tertiary alicyclic amines) is 1. The Morgan fingerprint density at radius 3 is 2.44 bits per heavy atom. The third kappa shape index (κ3) is 8.52. The van der Waals surface area contributed by atoms with Crippen LogP contribution in [0.3, 0.4) is 0 Å². The van der Waals surface area contributed by atoms with E-state index in [1.807, 2.05) is 0 Å². The molecule has 2 aromatic rings. The maximum Gasteiger partial charge on any atom is 0.326 e. The number of nitrogens with two attached hydrogens (primary N) is 2. The Labute approximate surface area is 226 Å². The summed E-state index contributed by atoms with van der Waals surface area (Å²) in [5.41, 5.74) is 13.0. The number of phenols is 1. The molecule has 3 amide bonds. The first-order valence-corrected chi connectivity index (χ1v) is 13.0. The largest absolute Gasteiger partial charge is 0.508 e. The average Bonchev–Trinajstić information content (AvgIpc) is 3.61. The zero-order chi connectivity index (χ0) is 28.4. The number of imidazole rings is 1. The van der Waals surface area contributed by atoms with Crippen LogP contribution in [0.25, 0.3) is 0 Å². The van der Waals surface area contributed by atoms with Crippen LogP contribution in [0.5, 0.6) is 5.75 Å². The first kappa shape index (κ1) is 29.6. The fraction of sp³-hybridized carbons (Fsp3) is 0.500. The minimum absolute atomic E-state index is 0.0642. The highest BCUT2D eigenvalue weighted by atomic mass is 16.4. The topological polar surface area (TPSA) is 217 Å². The molecule has 3 rings (SSSR count). The maximum absolute atomic E-state index is 13.5. The van der Waals surface area contributed by atoms with Gasteiger partial charge in [-0.2, -0.15) is 0 Å². The highest BCUT2D eigenvalue weighted by molar-refractivity contribution is 5.94. The van der Waals surface area contributed by atoms with Crippen LogP contribution in [0.4, 0.5) is 0 Å². The number of carboxylic acids is 1. The number of aromatic amines is 1. The molecule has 0 spiro atoms. The van der Waals surface area contributed by atoms with Gasteiger partial charge in [-0.1, -0.05) is 12.1 Å². The molecule has 13 nitrogen and oxygen atoms in total. The van der Waals surface area contributed by atoms with Crippen LogP contribution in [-0.2, 0) is 32.0 Å². The molecule has 1 aliphatic rings. The fourth-order valence-electron chi connectivity index (χ4n) is 4.59. The summed E-state index contributed by atoms with van der Waals surface area (Å²) in [6.07, 6.45) is 5.57. The molecule has 4 atom stereocenters. The maximum atomic E-state index is 13.5. The number of carbonyl (C=O) groups excluding carboxylic acids is 3. The number of carboxylic acid groups (broad SMARTS) is 1. The predicted octanol–water partition coefficient (Wildman–Crippen LogP) is -0.598. The van der Waals surface area contributed by atoms with Crippen molar-refractivity contribution in [3.05, 3.63) is 48.0 Å². The Bertz CT molecular complexity index is 1110. The van der Waals surface area contributed by atoms with Crippen molar-refractivity contribution in [2.75, 3.05) is 13.1 Å². The van der Waals surface area contributed by atoms with E-state index in [9.17, 15) is 29.4 Å². The highest BCUT2D eigenvalue weighted by Gasteiger charge is 2.38. The Balaban J connectivity index is 1.74. The summed E-state index contributed by atoms with van der Waals surface area (Å²) in [4.78, 5) is 59.6. The Hall–Kier alpha value is -3.97. The SMILES string of the molecule is NCCCCC(NC(=O)C(Cc1cnc[nH]1)NC(=O)C(N)Cc1ccc(O)cc1)C(=O)N1CCCC1C(=O)O. The van der Waals surface area contributed by atoms with Gasteiger partial charge in [0.25, 0.3) is 0 Å². The highest BCUT2D eigenvalue weighted by Crippen LogP contribution is 2.20. The van der Waals surface area contributed by atoms with E-state index in [1.54, 1.807) is 12.1 Å². The minimum atomic E-state index is -1.08. The Morgan fingerprint density at radius 1 is 1.08 bits per heavy atom. The van der Waals surface area contributed by atoms with Crippen molar-refractivity contribution in [3.63, 3.8) is 0 Å². The second kappa shape index (κ2) is 14.3. The van der Waals surface area contributed by atoms with E-state index in [4.69, 9.17) is 11.5 Å². The number of phenolic OH excluding ortho intramolecular Hbond substituents is 1. The standard InChI is InChI=1S/C26H37N7O6/c27-10-2-1-4-20(25(37)33-11-3-5-22(33)26(38)39)31-24(36)21(13-17-14-29-15-30-17)32-23(35)19(28)12-16-6-8-18(34)9-7-16/h6-9,14-15,19-22,34H,1-5,10-13,27-28H2,(H,29,30)(H,31,36)(H,32,35)(H,38,39). The van der Waals surface area contributed by atoms with Gasteiger partial charge in [0, 0.05) is 24.9 Å². The zero-order valence-electron chi connectivity index (χ0n) is 21.7. The first-order valence-electron chi connectivity index (χ1n) is 13.0. The number of rotatable bonds is 14. The average molecular weight is 544 g/mol. The van der Waals surface area contributed by atoms with Crippen molar-refractivity contribution < 1.29 is 29.4 Å². The number of hydrogen-bond acceptors (Lipinski definition) is 8. The van der Waals surface area contributed by atoms with E-state index in [0.29, 0.717) is 44.5 Å². The fourth-order valence-corrected chi connectivity index (χ4v) is 4.59. The van der Waals surface area contributed by atoms with Gasteiger partial charge in [-0.25, -0.2) is 9.78 Å². The number of nitrogens with one attached hydrogen (secondary N) is 3. The zero-order valence-corrected chi connectivity index (χ0v) is 21.7. The lowest BCUT2D eigenvalue weighted by atomic mass is 10.0. The van der Waals surface area contributed by atoms with Crippen molar-refractivity contribution in [2.24, 2.45) is 11.5 Å². The molecule has 0 saturated carbocycles. The van der Waals surface area contributed by atoms with Gasteiger partial charge in [-0.05, 0) is 62.8 Å². The van der Waals surface area contributed by atoms with E-state index in [1.165, 1.54) is 29.6 Å². The second-order valence-electron chi connectivity index (χ2n) is 9.69. The van der Waals surface area contributed by atoms with Crippen LogP contribution in [-0.4, -0.2) is 86.0 Å². The number of nitrogens with zero attached hydrogens (tertiary/aromatic N) is 2. The smallest absolute Gasteiger partial charge is 0.326 e. The summed E-state index contributed by atoms with van der Waals surface area (Å²) in [6.45, 7) is 0.702. The number of benzene rings is 1. The number of amides is 3. The molecule has 39 heavy (non-hydrogen) atoms. The van der Waals surface area contributed by atoms with Crippen molar-refractivity contribution >= 4 is 23.7 Å². The number of carbonyl (C=O) groups is 4. The molecule has 1 aromatic heterocycles. The number of aromatic hydroxyl groups is 1. The van der Waals surface area contributed by atoms with Crippen LogP contribution in [0.2, 0.25) is 0 Å².